The molecule has 0 aromatic heterocycles. The molecule has 0 spiro atoms. The summed E-state index contributed by atoms with van der Waals surface area (Å²) >= 11 is 0. The van der Waals surface area contributed by atoms with E-state index < -0.39 is 6.10 Å². The lowest BCUT2D eigenvalue weighted by Crippen LogP contribution is -2.47. The van der Waals surface area contributed by atoms with Gasteiger partial charge in [0.25, 0.3) is 11.8 Å². The Morgan fingerprint density at radius 1 is 1.17 bits per heavy atom. The third kappa shape index (κ3) is 2.69. The number of hydrogen-bond acceptors (Lipinski definition) is 3. The lowest BCUT2D eigenvalue weighted by atomic mass is 9.96. The van der Waals surface area contributed by atoms with Gasteiger partial charge in [-0.15, -0.1) is 0 Å². The molecule has 3 rings (SSSR count). The van der Waals surface area contributed by atoms with Crippen molar-refractivity contribution >= 4 is 17.5 Å². The minimum atomic E-state index is -0.490. The molecule has 0 aliphatic carbocycles. The predicted octanol–water partition coefficient (Wildman–Crippen LogP) is 2.83. The zero-order chi connectivity index (χ0) is 16.7. The van der Waals surface area contributed by atoms with Crippen LogP contribution in [-0.4, -0.2) is 41.9 Å². The standard InChI is InChI=1S/C18H24N2O3/c1-11-6-5-7-12(2)20(11)18(22)14-8-9-16-15(10-14)19(4)17(21)13(3)23-16/h8-13H,5-7H2,1-4H3. The van der Waals surface area contributed by atoms with Crippen LogP contribution in [-0.2, 0) is 4.79 Å². The number of piperidine rings is 1. The summed E-state index contributed by atoms with van der Waals surface area (Å²) in [4.78, 5) is 28.6. The molecule has 0 N–H and O–H groups in total. The number of nitrogens with zero attached hydrogens (tertiary/aromatic N) is 2. The minimum Gasteiger partial charge on any atom is -0.479 e. The maximum atomic E-state index is 12.9. The molecule has 0 saturated carbocycles. The number of carbonyl (C=O) groups is 2. The van der Waals surface area contributed by atoms with Gasteiger partial charge in [0.1, 0.15) is 5.75 Å². The monoisotopic (exact) mass is 316 g/mol. The number of benzene rings is 1. The maximum Gasteiger partial charge on any atom is 0.267 e. The van der Waals surface area contributed by atoms with E-state index in [0.29, 0.717) is 17.0 Å². The zero-order valence-electron chi connectivity index (χ0n) is 14.2. The van der Waals surface area contributed by atoms with E-state index in [1.165, 1.54) is 6.42 Å². The van der Waals surface area contributed by atoms with Crippen LogP contribution in [0.3, 0.4) is 0 Å². The molecule has 2 amide bonds. The van der Waals surface area contributed by atoms with Crippen molar-refractivity contribution < 1.29 is 14.3 Å². The van der Waals surface area contributed by atoms with Crippen LogP contribution in [0.5, 0.6) is 5.75 Å². The van der Waals surface area contributed by atoms with Gasteiger partial charge < -0.3 is 14.5 Å². The van der Waals surface area contributed by atoms with Crippen LogP contribution in [0.15, 0.2) is 18.2 Å². The van der Waals surface area contributed by atoms with E-state index in [-0.39, 0.29) is 23.9 Å². The smallest absolute Gasteiger partial charge is 0.267 e. The number of carbonyl (C=O) groups excluding carboxylic acids is 2. The van der Waals surface area contributed by atoms with E-state index in [9.17, 15) is 9.59 Å². The number of hydrogen-bond donors (Lipinski definition) is 0. The Morgan fingerprint density at radius 2 is 1.83 bits per heavy atom. The summed E-state index contributed by atoms with van der Waals surface area (Å²) in [5, 5.41) is 0. The first kappa shape index (κ1) is 15.8. The third-order valence-electron chi connectivity index (χ3n) is 4.98. The van der Waals surface area contributed by atoms with Gasteiger partial charge in [0.2, 0.25) is 0 Å². The number of anilines is 1. The van der Waals surface area contributed by atoms with Crippen LogP contribution in [0.2, 0.25) is 0 Å². The van der Waals surface area contributed by atoms with Crippen molar-refractivity contribution in [2.24, 2.45) is 0 Å². The third-order valence-corrected chi connectivity index (χ3v) is 4.98. The van der Waals surface area contributed by atoms with E-state index in [0.717, 1.165) is 12.8 Å². The maximum absolute atomic E-state index is 12.9. The van der Waals surface area contributed by atoms with Gasteiger partial charge in [0.15, 0.2) is 6.10 Å². The van der Waals surface area contributed by atoms with Crippen LogP contribution >= 0.6 is 0 Å². The van der Waals surface area contributed by atoms with Crippen molar-refractivity contribution in [3.05, 3.63) is 23.8 Å². The number of ether oxygens (including phenoxy) is 1. The number of rotatable bonds is 1. The van der Waals surface area contributed by atoms with Crippen LogP contribution in [0.4, 0.5) is 5.69 Å². The SMILES string of the molecule is CC1Oc2ccc(C(=O)N3C(C)CCCC3C)cc2N(C)C1=O. The van der Waals surface area contributed by atoms with Crippen LogP contribution in [0.1, 0.15) is 50.4 Å². The zero-order valence-corrected chi connectivity index (χ0v) is 14.2. The largest absolute Gasteiger partial charge is 0.479 e. The summed E-state index contributed by atoms with van der Waals surface area (Å²) in [6.07, 6.45) is 2.76. The Bertz CT molecular complexity index is 633. The fourth-order valence-corrected chi connectivity index (χ4v) is 3.62. The molecule has 2 aliphatic heterocycles. The molecule has 5 heteroatoms. The van der Waals surface area contributed by atoms with Gasteiger partial charge in [-0.1, -0.05) is 0 Å². The summed E-state index contributed by atoms with van der Waals surface area (Å²) in [7, 11) is 1.72. The van der Waals surface area contributed by atoms with Crippen LogP contribution < -0.4 is 9.64 Å². The summed E-state index contributed by atoms with van der Waals surface area (Å²) in [6, 6.07) is 5.86. The van der Waals surface area contributed by atoms with Gasteiger partial charge in [-0.25, -0.2) is 0 Å². The van der Waals surface area contributed by atoms with Gasteiger partial charge in [0, 0.05) is 24.7 Å². The highest BCUT2D eigenvalue weighted by Gasteiger charge is 2.32. The van der Waals surface area contributed by atoms with Crippen molar-refractivity contribution in [3.63, 3.8) is 0 Å². The van der Waals surface area contributed by atoms with Crippen LogP contribution in [0, 0.1) is 0 Å². The molecule has 0 radical (unpaired) electrons. The van der Waals surface area contributed by atoms with E-state index >= 15 is 0 Å². The lowest BCUT2D eigenvalue weighted by molar-refractivity contribution is -0.125. The first-order valence-electron chi connectivity index (χ1n) is 8.31. The molecule has 5 nitrogen and oxygen atoms in total. The molecule has 1 aromatic rings. The van der Waals surface area contributed by atoms with Crippen molar-refractivity contribution in [2.45, 2.75) is 58.2 Å². The lowest BCUT2D eigenvalue weighted by Gasteiger charge is -2.39. The summed E-state index contributed by atoms with van der Waals surface area (Å²) < 4.78 is 5.62. The van der Waals surface area contributed by atoms with Gasteiger partial charge in [-0.2, -0.15) is 0 Å². The van der Waals surface area contributed by atoms with Gasteiger partial charge in [0.05, 0.1) is 5.69 Å². The average molecular weight is 316 g/mol. The first-order chi connectivity index (χ1) is 10.9. The van der Waals surface area contributed by atoms with E-state index in [2.05, 4.69) is 13.8 Å². The molecular weight excluding hydrogens is 292 g/mol. The number of amides is 2. The fraction of sp³-hybridized carbons (Fsp3) is 0.556. The molecule has 1 fully saturated rings. The quantitative estimate of drug-likeness (QED) is 0.800. The second-order valence-electron chi connectivity index (χ2n) is 6.68. The number of likely N-dealkylation sites (N-methyl/N-ethyl adjacent to an activating group) is 1. The Morgan fingerprint density at radius 3 is 2.48 bits per heavy atom. The van der Waals surface area contributed by atoms with E-state index in [1.807, 2.05) is 4.90 Å². The molecule has 23 heavy (non-hydrogen) atoms. The second kappa shape index (κ2) is 5.87. The Hall–Kier alpha value is -2.04. The molecule has 3 atom stereocenters. The molecule has 0 bridgehead atoms. The van der Waals surface area contributed by atoms with Gasteiger partial charge >= 0.3 is 0 Å². The predicted molar refractivity (Wildman–Crippen MR) is 88.9 cm³/mol. The van der Waals surface area contributed by atoms with Crippen LogP contribution in [0.25, 0.3) is 0 Å². The Balaban J connectivity index is 1.92. The van der Waals surface area contributed by atoms with Gasteiger partial charge in [-0.3, -0.25) is 9.59 Å². The topological polar surface area (TPSA) is 49.9 Å². The number of likely N-dealkylation sites (tertiary alicyclic amines) is 1. The summed E-state index contributed by atoms with van der Waals surface area (Å²) in [6.45, 7) is 5.94. The highest BCUT2D eigenvalue weighted by molar-refractivity contribution is 6.02. The Labute approximate surface area is 137 Å². The molecule has 124 valence electrons. The summed E-state index contributed by atoms with van der Waals surface area (Å²) in [5.41, 5.74) is 1.28. The minimum absolute atomic E-state index is 0.0342. The van der Waals surface area contributed by atoms with Crippen molar-refractivity contribution in [2.75, 3.05) is 11.9 Å². The first-order valence-corrected chi connectivity index (χ1v) is 8.31. The molecule has 2 heterocycles. The molecule has 1 aromatic carbocycles. The van der Waals surface area contributed by atoms with Gasteiger partial charge in [-0.05, 0) is 58.2 Å². The molecule has 1 saturated heterocycles. The normalized spacial score (nSPS) is 27.5. The van der Waals surface area contributed by atoms with E-state index in [4.69, 9.17) is 4.74 Å². The number of fused-ring (bicyclic) bond motifs is 1. The van der Waals surface area contributed by atoms with Crippen molar-refractivity contribution in [3.8, 4) is 5.75 Å². The molecule has 2 aliphatic rings. The van der Waals surface area contributed by atoms with Crippen molar-refractivity contribution in [1.29, 1.82) is 0 Å². The van der Waals surface area contributed by atoms with Crippen molar-refractivity contribution in [1.82, 2.24) is 4.90 Å². The highest BCUT2D eigenvalue weighted by Crippen LogP contribution is 2.35. The summed E-state index contributed by atoms with van der Waals surface area (Å²) in [5.74, 6) is 0.588. The average Bonchev–Trinajstić information content (AvgIpc) is 2.52. The molecule has 3 unspecified atom stereocenters. The fourth-order valence-electron chi connectivity index (χ4n) is 3.62. The molecular formula is C18H24N2O3. The highest BCUT2D eigenvalue weighted by atomic mass is 16.5. The second-order valence-corrected chi connectivity index (χ2v) is 6.68. The Kier molecular flexibility index (Phi) is 4.04. The van der Waals surface area contributed by atoms with E-state index in [1.54, 1.807) is 37.1 Å².